The molecule has 1 saturated carbocycles. The van der Waals surface area contributed by atoms with E-state index in [4.69, 9.17) is 0 Å². The van der Waals surface area contributed by atoms with Crippen molar-refractivity contribution in [1.82, 2.24) is 9.62 Å². The highest BCUT2D eigenvalue weighted by Crippen LogP contribution is 2.32. The van der Waals surface area contributed by atoms with Crippen LogP contribution in [0.5, 0.6) is 0 Å². The normalized spacial score (nSPS) is 26.7. The average Bonchev–Trinajstić information content (AvgIpc) is 3.10. The van der Waals surface area contributed by atoms with E-state index in [1.165, 1.54) is 0 Å². The fourth-order valence-corrected chi connectivity index (χ4v) is 4.52. The van der Waals surface area contributed by atoms with Gasteiger partial charge in [-0.3, -0.25) is 0 Å². The van der Waals surface area contributed by atoms with Gasteiger partial charge in [-0.25, -0.2) is 12.7 Å². The molecule has 0 amide bonds. The van der Waals surface area contributed by atoms with Crippen LogP contribution in [-0.2, 0) is 10.0 Å². The molecule has 4 nitrogen and oxygen atoms in total. The number of nitrogens with zero attached hydrogens (tertiary/aromatic N) is 1. The van der Waals surface area contributed by atoms with Crippen LogP contribution in [0.3, 0.4) is 0 Å². The van der Waals surface area contributed by atoms with Gasteiger partial charge in [-0.15, -0.1) is 0 Å². The zero-order valence-corrected chi connectivity index (χ0v) is 12.4. The van der Waals surface area contributed by atoms with Crippen molar-refractivity contribution >= 4 is 10.0 Å². The molecule has 2 aliphatic rings. The standard InChI is InChI=1S/C13H26N2O2S/c1-11(2)14-8-13-4-3-7-15(9-13)18(16,17)10-12-5-6-12/h11-14H,3-10H2,1-2H3. The summed E-state index contributed by atoms with van der Waals surface area (Å²) in [5.41, 5.74) is 0. The van der Waals surface area contributed by atoms with Crippen LogP contribution in [-0.4, -0.2) is 44.2 Å². The molecule has 0 spiro atoms. The maximum absolute atomic E-state index is 12.2. The maximum atomic E-state index is 12.2. The number of piperidine rings is 1. The zero-order chi connectivity index (χ0) is 13.2. The minimum atomic E-state index is -2.99. The first-order valence-electron chi connectivity index (χ1n) is 7.18. The minimum Gasteiger partial charge on any atom is -0.314 e. The second-order valence-electron chi connectivity index (χ2n) is 6.15. The smallest absolute Gasteiger partial charge is 0.214 e. The molecule has 2 rings (SSSR count). The van der Waals surface area contributed by atoms with E-state index in [0.717, 1.165) is 45.3 Å². The monoisotopic (exact) mass is 274 g/mol. The molecule has 1 heterocycles. The molecule has 1 atom stereocenters. The Hall–Kier alpha value is -0.130. The lowest BCUT2D eigenvalue weighted by Gasteiger charge is -2.32. The zero-order valence-electron chi connectivity index (χ0n) is 11.6. The Kier molecular flexibility index (Phi) is 4.67. The van der Waals surface area contributed by atoms with Crippen LogP contribution in [0.2, 0.25) is 0 Å². The molecule has 1 aliphatic heterocycles. The van der Waals surface area contributed by atoms with E-state index in [0.29, 0.717) is 23.6 Å². The summed E-state index contributed by atoms with van der Waals surface area (Å²) in [6.07, 6.45) is 4.36. The second kappa shape index (κ2) is 5.88. The number of hydrogen-bond donors (Lipinski definition) is 1. The van der Waals surface area contributed by atoms with Crippen molar-refractivity contribution in [3.8, 4) is 0 Å². The molecule has 2 fully saturated rings. The first-order chi connectivity index (χ1) is 8.47. The van der Waals surface area contributed by atoms with Gasteiger partial charge in [0.1, 0.15) is 0 Å². The van der Waals surface area contributed by atoms with Gasteiger partial charge in [0.15, 0.2) is 0 Å². The van der Waals surface area contributed by atoms with E-state index in [2.05, 4.69) is 19.2 Å². The summed E-state index contributed by atoms with van der Waals surface area (Å²) < 4.78 is 26.2. The molecule has 0 aromatic carbocycles. The third-order valence-electron chi connectivity index (χ3n) is 3.83. The van der Waals surface area contributed by atoms with Crippen LogP contribution in [0.4, 0.5) is 0 Å². The number of nitrogens with one attached hydrogen (secondary N) is 1. The van der Waals surface area contributed by atoms with E-state index in [1.54, 1.807) is 4.31 Å². The Morgan fingerprint density at radius 2 is 1.94 bits per heavy atom. The summed E-state index contributed by atoms with van der Waals surface area (Å²) >= 11 is 0. The molecule has 0 aromatic heterocycles. The van der Waals surface area contributed by atoms with Crippen LogP contribution in [0.25, 0.3) is 0 Å². The molecule has 1 aliphatic carbocycles. The van der Waals surface area contributed by atoms with Crippen molar-refractivity contribution in [3.63, 3.8) is 0 Å². The van der Waals surface area contributed by atoms with Gasteiger partial charge >= 0.3 is 0 Å². The van der Waals surface area contributed by atoms with E-state index in [1.807, 2.05) is 0 Å². The predicted molar refractivity (Wildman–Crippen MR) is 73.9 cm³/mol. The summed E-state index contributed by atoms with van der Waals surface area (Å²) in [4.78, 5) is 0. The fourth-order valence-electron chi connectivity index (χ4n) is 2.54. The largest absolute Gasteiger partial charge is 0.314 e. The van der Waals surface area contributed by atoms with Crippen molar-refractivity contribution in [3.05, 3.63) is 0 Å². The lowest BCUT2D eigenvalue weighted by atomic mass is 9.99. The summed E-state index contributed by atoms with van der Waals surface area (Å²) in [6.45, 7) is 6.64. The first-order valence-corrected chi connectivity index (χ1v) is 8.79. The van der Waals surface area contributed by atoms with Crippen LogP contribution in [0, 0.1) is 11.8 Å². The van der Waals surface area contributed by atoms with Gasteiger partial charge in [0.25, 0.3) is 0 Å². The van der Waals surface area contributed by atoms with Crippen LogP contribution in [0.1, 0.15) is 39.5 Å². The molecule has 1 saturated heterocycles. The third kappa shape index (κ3) is 4.21. The van der Waals surface area contributed by atoms with Gasteiger partial charge < -0.3 is 5.32 Å². The highest BCUT2D eigenvalue weighted by Gasteiger charge is 2.34. The van der Waals surface area contributed by atoms with Crippen molar-refractivity contribution in [2.45, 2.75) is 45.6 Å². The Morgan fingerprint density at radius 3 is 2.56 bits per heavy atom. The summed E-state index contributed by atoms with van der Waals surface area (Å²) in [5.74, 6) is 1.32. The van der Waals surface area contributed by atoms with E-state index >= 15 is 0 Å². The molecule has 0 aromatic rings. The van der Waals surface area contributed by atoms with Crippen molar-refractivity contribution in [2.75, 3.05) is 25.4 Å². The highest BCUT2D eigenvalue weighted by atomic mass is 32.2. The SMILES string of the molecule is CC(C)NCC1CCCN(S(=O)(=O)CC2CC2)C1. The summed E-state index contributed by atoms with van der Waals surface area (Å²) in [6, 6.07) is 0.475. The highest BCUT2D eigenvalue weighted by molar-refractivity contribution is 7.89. The Balaban J connectivity index is 1.85. The van der Waals surface area contributed by atoms with Crippen LogP contribution < -0.4 is 5.32 Å². The minimum absolute atomic E-state index is 0.386. The quantitative estimate of drug-likeness (QED) is 0.797. The van der Waals surface area contributed by atoms with Crippen LogP contribution >= 0.6 is 0 Å². The fraction of sp³-hybridized carbons (Fsp3) is 1.00. The third-order valence-corrected chi connectivity index (χ3v) is 5.84. The molecule has 18 heavy (non-hydrogen) atoms. The maximum Gasteiger partial charge on any atom is 0.214 e. The van der Waals surface area contributed by atoms with E-state index in [-0.39, 0.29) is 0 Å². The van der Waals surface area contributed by atoms with Gasteiger partial charge in [-0.05, 0) is 44.1 Å². The molecule has 0 radical (unpaired) electrons. The molecular formula is C13H26N2O2S. The predicted octanol–water partition coefficient (Wildman–Crippen LogP) is 1.44. The molecule has 0 bridgehead atoms. The second-order valence-corrected chi connectivity index (χ2v) is 8.16. The lowest BCUT2D eigenvalue weighted by Crippen LogP contribution is -2.44. The summed E-state index contributed by atoms with van der Waals surface area (Å²) in [5, 5.41) is 3.42. The van der Waals surface area contributed by atoms with Crippen LogP contribution in [0.15, 0.2) is 0 Å². The molecule has 106 valence electrons. The van der Waals surface area contributed by atoms with Crippen molar-refractivity contribution < 1.29 is 8.42 Å². The van der Waals surface area contributed by atoms with E-state index < -0.39 is 10.0 Å². The van der Waals surface area contributed by atoms with Gasteiger partial charge in [0.2, 0.25) is 10.0 Å². The Labute approximate surface area is 111 Å². The topological polar surface area (TPSA) is 49.4 Å². The van der Waals surface area contributed by atoms with Crippen molar-refractivity contribution in [1.29, 1.82) is 0 Å². The molecule has 1 N–H and O–H groups in total. The average molecular weight is 274 g/mol. The van der Waals surface area contributed by atoms with Gasteiger partial charge in [-0.2, -0.15) is 0 Å². The van der Waals surface area contributed by atoms with Gasteiger partial charge in [-0.1, -0.05) is 13.8 Å². The van der Waals surface area contributed by atoms with Gasteiger partial charge in [0, 0.05) is 19.1 Å². The molecule has 5 heteroatoms. The van der Waals surface area contributed by atoms with Gasteiger partial charge in [0.05, 0.1) is 5.75 Å². The lowest BCUT2D eigenvalue weighted by molar-refractivity contribution is 0.256. The molecular weight excluding hydrogens is 248 g/mol. The number of sulfonamides is 1. The Morgan fingerprint density at radius 1 is 1.22 bits per heavy atom. The number of rotatable bonds is 6. The summed E-state index contributed by atoms with van der Waals surface area (Å²) in [7, 11) is -2.99. The van der Waals surface area contributed by atoms with E-state index in [9.17, 15) is 8.42 Å². The first kappa shape index (κ1) is 14.3. The van der Waals surface area contributed by atoms with Crippen molar-refractivity contribution in [2.24, 2.45) is 11.8 Å². The molecule has 1 unspecified atom stereocenters. The number of hydrogen-bond acceptors (Lipinski definition) is 3. The Bertz CT molecular complexity index is 363.